The van der Waals surface area contributed by atoms with Gasteiger partial charge in [0.25, 0.3) is 5.79 Å². The van der Waals surface area contributed by atoms with E-state index in [4.69, 9.17) is 28.9 Å². The van der Waals surface area contributed by atoms with Gasteiger partial charge < -0.3 is 49.3 Å². The smallest absolute Gasteiger partial charge is 0.407 e. The number of aromatic amines is 2. The predicted molar refractivity (Wildman–Crippen MR) is 239 cm³/mol. The van der Waals surface area contributed by atoms with E-state index in [1.807, 2.05) is 61.8 Å². The van der Waals surface area contributed by atoms with E-state index in [-0.39, 0.29) is 35.7 Å². The number of imidazole rings is 2. The lowest BCUT2D eigenvalue weighted by atomic mass is 9.94. The Morgan fingerprint density at radius 1 is 0.656 bits per heavy atom. The lowest BCUT2D eigenvalue weighted by molar-refractivity contribution is -0.136. The molecule has 1 aliphatic carbocycles. The Kier molecular flexibility index (Phi) is 11.6. The summed E-state index contributed by atoms with van der Waals surface area (Å²) in [4.78, 5) is 72.6. The fourth-order valence-corrected chi connectivity index (χ4v) is 10.0. The first-order valence-corrected chi connectivity index (χ1v) is 22.7. The second-order valence-electron chi connectivity index (χ2n) is 18.3. The Morgan fingerprint density at radius 3 is 1.50 bits per heavy atom. The number of carbonyl (C=O) groups excluding carboxylic acids is 4. The number of carbonyl (C=O) groups is 4. The molecule has 3 fully saturated rings. The van der Waals surface area contributed by atoms with Gasteiger partial charge in [0, 0.05) is 37.1 Å². The van der Waals surface area contributed by atoms with Gasteiger partial charge in [-0.05, 0) is 97.9 Å². The predicted octanol–water partition coefficient (Wildman–Crippen LogP) is 8.29. The summed E-state index contributed by atoms with van der Waals surface area (Å²) < 4.78 is 23.5. The van der Waals surface area contributed by atoms with Gasteiger partial charge in [0.15, 0.2) is 11.5 Å². The molecule has 4 amide bonds. The number of nitrogens with zero attached hydrogens (tertiary/aromatic N) is 4. The Balaban J connectivity index is 1.02. The number of hydrogen-bond acceptors (Lipinski definition) is 10. The fraction of sp³-hybridized carbons (Fsp3) is 0.500. The van der Waals surface area contributed by atoms with Crippen LogP contribution in [0, 0.1) is 11.8 Å². The van der Waals surface area contributed by atoms with Gasteiger partial charge in [0.2, 0.25) is 11.8 Å². The summed E-state index contributed by atoms with van der Waals surface area (Å²) in [5.41, 5.74) is 6.94. The van der Waals surface area contributed by atoms with Crippen molar-refractivity contribution >= 4 is 46.1 Å². The van der Waals surface area contributed by atoms with E-state index in [1.54, 1.807) is 0 Å². The van der Waals surface area contributed by atoms with Gasteiger partial charge in [-0.25, -0.2) is 19.6 Å². The van der Waals surface area contributed by atoms with E-state index in [0.717, 1.165) is 102 Å². The minimum atomic E-state index is -0.744. The van der Waals surface area contributed by atoms with Crippen molar-refractivity contribution in [3.05, 3.63) is 60.2 Å². The van der Waals surface area contributed by atoms with Crippen molar-refractivity contribution in [1.29, 1.82) is 0 Å². The van der Waals surface area contributed by atoms with Gasteiger partial charge in [-0.3, -0.25) is 9.59 Å². The highest BCUT2D eigenvalue weighted by molar-refractivity contribution is 5.91. The van der Waals surface area contributed by atoms with Gasteiger partial charge in [-0.2, -0.15) is 0 Å². The highest BCUT2D eigenvalue weighted by Gasteiger charge is 2.45. The number of aromatic nitrogens is 4. The van der Waals surface area contributed by atoms with E-state index in [9.17, 15) is 19.2 Å². The summed E-state index contributed by atoms with van der Waals surface area (Å²) in [6.07, 6.45) is 6.63. The third kappa shape index (κ3) is 7.95. The maximum atomic E-state index is 13.8. The van der Waals surface area contributed by atoms with E-state index in [0.29, 0.717) is 36.2 Å². The number of rotatable bonds is 10. The zero-order valence-corrected chi connectivity index (χ0v) is 37.4. The third-order valence-corrected chi connectivity index (χ3v) is 13.4. The zero-order chi connectivity index (χ0) is 44.9. The van der Waals surface area contributed by atoms with Crippen LogP contribution in [-0.2, 0) is 19.1 Å². The topological polar surface area (TPSA) is 193 Å². The molecule has 1 spiro atoms. The Labute approximate surface area is 372 Å². The molecule has 338 valence electrons. The van der Waals surface area contributed by atoms with Gasteiger partial charge in [-0.1, -0.05) is 46.2 Å². The normalized spacial score (nSPS) is 20.1. The van der Waals surface area contributed by atoms with Crippen LogP contribution in [0.3, 0.4) is 0 Å². The van der Waals surface area contributed by atoms with Crippen molar-refractivity contribution in [3.63, 3.8) is 0 Å². The van der Waals surface area contributed by atoms with Crippen LogP contribution in [0.2, 0.25) is 0 Å². The van der Waals surface area contributed by atoms with Crippen LogP contribution >= 0.6 is 0 Å². The largest absolute Gasteiger partial charge is 0.453 e. The number of likely N-dealkylation sites (tertiary alicyclic amines) is 2. The molecule has 4 aliphatic rings. The quantitative estimate of drug-likeness (QED) is 0.106. The van der Waals surface area contributed by atoms with Crippen LogP contribution in [-0.4, -0.2) is 98.9 Å². The molecule has 0 unspecified atom stereocenters. The van der Waals surface area contributed by atoms with E-state index in [1.165, 1.54) is 14.2 Å². The number of benzene rings is 3. The molecule has 64 heavy (non-hydrogen) atoms. The molecule has 3 aliphatic heterocycles. The Hall–Kier alpha value is -6.32. The average Bonchev–Trinajstić information content (AvgIpc) is 4.15. The van der Waals surface area contributed by atoms with Crippen LogP contribution in [0.5, 0.6) is 11.5 Å². The van der Waals surface area contributed by atoms with E-state index >= 15 is 0 Å². The van der Waals surface area contributed by atoms with E-state index < -0.39 is 30.1 Å². The second kappa shape index (κ2) is 17.3. The SMILES string of the molecule is COC(=O)N[C@H](C(=O)N1CCC[C@H]1c1nc2ccc(-c3ccc(-c4ccc5nc([C@@H]6CCCN6C(=O)[C@@H](NC(=O)OC)C(C)C)[nH]c5c4)c4c3OC3(CCCCC3)O4)cc2[nH]1)C(C)C. The number of methoxy groups -OCH3 is 2. The van der Waals surface area contributed by atoms with Crippen molar-refractivity contribution in [2.24, 2.45) is 11.8 Å². The molecule has 5 aromatic rings. The van der Waals surface area contributed by atoms with Gasteiger partial charge >= 0.3 is 12.2 Å². The highest BCUT2D eigenvalue weighted by Crippen LogP contribution is 2.54. The molecule has 0 radical (unpaired) electrons. The highest BCUT2D eigenvalue weighted by atomic mass is 16.7. The molecule has 16 nitrogen and oxygen atoms in total. The molecule has 4 N–H and O–H groups in total. The summed E-state index contributed by atoms with van der Waals surface area (Å²) in [6.45, 7) is 8.76. The number of H-pyrrole nitrogens is 2. The number of hydrogen-bond donors (Lipinski definition) is 4. The number of nitrogens with one attached hydrogen (secondary N) is 4. The molecule has 2 aromatic heterocycles. The van der Waals surface area contributed by atoms with Gasteiger partial charge in [0.05, 0.1) is 48.4 Å². The molecule has 0 bridgehead atoms. The second-order valence-corrected chi connectivity index (χ2v) is 18.3. The lowest BCUT2D eigenvalue weighted by Gasteiger charge is -2.31. The molecule has 2 saturated heterocycles. The summed E-state index contributed by atoms with van der Waals surface area (Å²) in [6, 6.07) is 14.5. The molecule has 1 saturated carbocycles. The molecular formula is C48H58N8O8. The van der Waals surface area contributed by atoms with Gasteiger partial charge in [0.1, 0.15) is 23.7 Å². The van der Waals surface area contributed by atoms with Crippen molar-refractivity contribution in [3.8, 4) is 33.8 Å². The number of alkyl carbamates (subject to hydrolysis) is 2. The first-order valence-electron chi connectivity index (χ1n) is 22.7. The number of ether oxygens (including phenoxy) is 4. The molecule has 3 aromatic carbocycles. The first-order chi connectivity index (χ1) is 30.9. The molecule has 16 heteroatoms. The van der Waals surface area contributed by atoms with Gasteiger partial charge in [-0.15, -0.1) is 0 Å². The molecular weight excluding hydrogens is 817 g/mol. The summed E-state index contributed by atoms with van der Waals surface area (Å²) in [5.74, 6) is 1.51. The van der Waals surface area contributed by atoms with E-state index in [2.05, 4.69) is 44.9 Å². The first kappa shape index (κ1) is 43.0. The van der Waals surface area contributed by atoms with Crippen LogP contribution < -0.4 is 20.1 Å². The summed E-state index contributed by atoms with van der Waals surface area (Å²) in [5, 5.41) is 5.45. The number of amides is 4. The van der Waals surface area contributed by atoms with Crippen LogP contribution in [0.1, 0.15) is 109 Å². The molecule has 5 heterocycles. The fourth-order valence-electron chi connectivity index (χ4n) is 10.0. The van der Waals surface area contributed by atoms with Crippen LogP contribution in [0.25, 0.3) is 44.3 Å². The maximum Gasteiger partial charge on any atom is 0.407 e. The van der Waals surface area contributed by atoms with Crippen LogP contribution in [0.15, 0.2) is 48.5 Å². The summed E-state index contributed by atoms with van der Waals surface area (Å²) >= 11 is 0. The van der Waals surface area contributed by atoms with Crippen molar-refractivity contribution < 1.29 is 38.1 Å². The third-order valence-electron chi connectivity index (χ3n) is 13.4. The summed E-state index contributed by atoms with van der Waals surface area (Å²) in [7, 11) is 2.59. The van der Waals surface area contributed by atoms with Crippen molar-refractivity contribution in [2.45, 2.75) is 115 Å². The Bertz CT molecular complexity index is 2430. The maximum absolute atomic E-state index is 13.8. The Morgan fingerprint density at radius 2 is 1.09 bits per heavy atom. The van der Waals surface area contributed by atoms with Crippen molar-refractivity contribution in [1.82, 2.24) is 40.4 Å². The molecule has 4 atom stereocenters. The minimum Gasteiger partial charge on any atom is -0.453 e. The van der Waals surface area contributed by atoms with Crippen LogP contribution in [0.4, 0.5) is 9.59 Å². The molecule has 9 rings (SSSR count). The minimum absolute atomic E-state index is 0.131. The monoisotopic (exact) mass is 874 g/mol. The average molecular weight is 875 g/mol. The standard InChI is InChI=1S/C48H58N8O8/c1-26(2)38(53-46(59)61-5)44(57)55-22-10-12-36(55)42-49-32-18-14-28(24-34(32)51-42)30-16-17-31(41-40(30)63-48(64-41)20-8-7-9-21-48)29-15-19-33-35(25-29)52-43(50-33)37-13-11-23-56(37)45(58)39(27(3)4)54-47(60)62-6/h14-19,24-27,36-39H,7-13,20-23H2,1-6H3,(H,49,51)(H,50,52)(H,53,59)(H,54,60)/t36-,37-,38-,39-/m0/s1. The van der Waals surface area contributed by atoms with Crippen molar-refractivity contribution in [2.75, 3.05) is 27.3 Å². The lowest BCUT2D eigenvalue weighted by Crippen LogP contribution is -2.51. The number of fused-ring (bicyclic) bond motifs is 3. The zero-order valence-electron chi connectivity index (χ0n) is 37.4.